The van der Waals surface area contributed by atoms with E-state index >= 15 is 0 Å². The van der Waals surface area contributed by atoms with Crippen LogP contribution in [0.1, 0.15) is 43.5 Å². The first kappa shape index (κ1) is 21.2. The molecular weight excluding hydrogens is 411 g/mol. The topological polar surface area (TPSA) is 46.1 Å². The van der Waals surface area contributed by atoms with Crippen molar-refractivity contribution in [1.29, 1.82) is 0 Å². The van der Waals surface area contributed by atoms with Crippen LogP contribution in [0.4, 0.5) is 13.2 Å². The van der Waals surface area contributed by atoms with Crippen molar-refractivity contribution in [3.05, 3.63) is 41.1 Å². The lowest BCUT2D eigenvalue weighted by Gasteiger charge is -2.36. The minimum atomic E-state index is -4.56. The van der Waals surface area contributed by atoms with Crippen molar-refractivity contribution in [1.82, 2.24) is 14.9 Å². The standard InChI is InChI=1S/C22H24F3N3OS/c1-13-7-8-14(2)28(11-13)18(29)12-30-21-26-19-16-6-4-3-5-15(16)9-10-17(19)20(27-21)22(23,24)25/h3-6,13-14H,7-12H2,1-2H3/t13-,14+/m1/s1. The summed E-state index contributed by atoms with van der Waals surface area (Å²) in [5.41, 5.74) is 1.32. The summed E-state index contributed by atoms with van der Waals surface area (Å²) < 4.78 is 41.2. The maximum absolute atomic E-state index is 13.7. The number of fused-ring (bicyclic) bond motifs is 3. The number of hydrogen-bond donors (Lipinski definition) is 0. The molecule has 4 rings (SSSR count). The summed E-state index contributed by atoms with van der Waals surface area (Å²) in [5, 5.41) is 0.00355. The van der Waals surface area contributed by atoms with Crippen molar-refractivity contribution in [3.8, 4) is 11.3 Å². The molecule has 8 heteroatoms. The van der Waals surface area contributed by atoms with Gasteiger partial charge < -0.3 is 4.90 Å². The number of rotatable bonds is 3. The molecule has 30 heavy (non-hydrogen) atoms. The minimum absolute atomic E-state index is 0.00355. The van der Waals surface area contributed by atoms with Gasteiger partial charge in [-0.3, -0.25) is 4.79 Å². The van der Waals surface area contributed by atoms with Crippen LogP contribution in [-0.2, 0) is 23.8 Å². The zero-order valence-electron chi connectivity index (χ0n) is 17.0. The Kier molecular flexibility index (Phi) is 5.79. The third kappa shape index (κ3) is 4.19. The van der Waals surface area contributed by atoms with Crippen molar-refractivity contribution in [2.75, 3.05) is 12.3 Å². The Balaban J connectivity index is 1.62. The van der Waals surface area contributed by atoms with Crippen molar-refractivity contribution < 1.29 is 18.0 Å². The lowest BCUT2D eigenvalue weighted by molar-refractivity contribution is -0.142. The number of hydrogen-bond acceptors (Lipinski definition) is 4. The van der Waals surface area contributed by atoms with E-state index in [0.717, 1.165) is 35.7 Å². The van der Waals surface area contributed by atoms with E-state index in [-0.39, 0.29) is 34.8 Å². The summed E-state index contributed by atoms with van der Waals surface area (Å²) in [6.45, 7) is 4.81. The van der Waals surface area contributed by atoms with Crippen LogP contribution in [0, 0.1) is 5.92 Å². The van der Waals surface area contributed by atoms with Gasteiger partial charge in [0, 0.05) is 23.7 Å². The molecule has 1 fully saturated rings. The number of nitrogens with zero attached hydrogens (tertiary/aromatic N) is 3. The molecule has 4 nitrogen and oxygen atoms in total. The lowest BCUT2D eigenvalue weighted by atomic mass is 9.88. The Morgan fingerprint density at radius 1 is 1.17 bits per heavy atom. The number of alkyl halides is 3. The quantitative estimate of drug-likeness (QED) is 0.503. The van der Waals surface area contributed by atoms with Gasteiger partial charge in [-0.25, -0.2) is 9.97 Å². The molecule has 2 aromatic rings. The van der Waals surface area contributed by atoms with Gasteiger partial charge in [0.15, 0.2) is 10.9 Å². The Labute approximate surface area is 178 Å². The fourth-order valence-corrected chi connectivity index (χ4v) is 5.03. The zero-order chi connectivity index (χ0) is 21.5. The fraction of sp³-hybridized carbons (Fsp3) is 0.500. The molecule has 2 atom stereocenters. The van der Waals surface area contributed by atoms with Gasteiger partial charge in [-0.2, -0.15) is 13.2 Å². The van der Waals surface area contributed by atoms with Crippen LogP contribution < -0.4 is 0 Å². The number of aromatic nitrogens is 2. The Hall–Kier alpha value is -2.09. The number of aryl methyl sites for hydroxylation is 1. The van der Waals surface area contributed by atoms with E-state index in [1.54, 1.807) is 12.1 Å². The summed E-state index contributed by atoms with van der Waals surface area (Å²) in [6.07, 6.45) is -1.74. The van der Waals surface area contributed by atoms with Crippen LogP contribution >= 0.6 is 11.8 Å². The smallest absolute Gasteiger partial charge is 0.339 e. The molecule has 0 N–H and O–H groups in total. The molecule has 0 bridgehead atoms. The Morgan fingerprint density at radius 2 is 1.93 bits per heavy atom. The SMILES string of the molecule is C[C@@H]1CC[C@H](C)N(C(=O)CSc2nc3c(c(C(F)(F)F)n2)CCc2ccccc2-3)C1. The molecule has 1 aliphatic carbocycles. The second-order valence-corrected chi connectivity index (χ2v) is 9.15. The number of halogens is 3. The first-order valence-corrected chi connectivity index (χ1v) is 11.2. The van der Waals surface area contributed by atoms with E-state index in [4.69, 9.17) is 0 Å². The molecule has 2 aliphatic rings. The second-order valence-electron chi connectivity index (χ2n) is 8.20. The molecule has 0 spiro atoms. The van der Waals surface area contributed by atoms with Gasteiger partial charge in [-0.1, -0.05) is 43.0 Å². The molecule has 0 unspecified atom stereocenters. The highest BCUT2D eigenvalue weighted by molar-refractivity contribution is 7.99. The van der Waals surface area contributed by atoms with Crippen LogP contribution in [0.3, 0.4) is 0 Å². The normalized spacial score (nSPS) is 21.2. The number of thioether (sulfide) groups is 1. The van der Waals surface area contributed by atoms with Crippen molar-refractivity contribution in [2.45, 2.75) is 56.9 Å². The maximum atomic E-state index is 13.7. The van der Waals surface area contributed by atoms with E-state index in [9.17, 15) is 18.0 Å². The largest absolute Gasteiger partial charge is 0.433 e. The number of benzene rings is 1. The maximum Gasteiger partial charge on any atom is 0.433 e. The predicted molar refractivity (Wildman–Crippen MR) is 110 cm³/mol. The molecule has 0 saturated carbocycles. The van der Waals surface area contributed by atoms with Crippen molar-refractivity contribution in [3.63, 3.8) is 0 Å². The average molecular weight is 436 g/mol. The van der Waals surface area contributed by atoms with Crippen LogP contribution in [0.2, 0.25) is 0 Å². The Bertz CT molecular complexity index is 963. The van der Waals surface area contributed by atoms with Crippen LogP contribution in [-0.4, -0.2) is 39.1 Å². The molecule has 160 valence electrons. The van der Waals surface area contributed by atoms with Gasteiger partial charge in [-0.05, 0) is 44.1 Å². The highest BCUT2D eigenvalue weighted by atomic mass is 32.2. The third-order valence-electron chi connectivity index (χ3n) is 5.93. The van der Waals surface area contributed by atoms with E-state index < -0.39 is 11.9 Å². The first-order valence-electron chi connectivity index (χ1n) is 10.2. The Morgan fingerprint density at radius 3 is 2.70 bits per heavy atom. The van der Waals surface area contributed by atoms with Gasteiger partial charge in [0.2, 0.25) is 5.91 Å². The molecule has 1 aliphatic heterocycles. The molecule has 1 saturated heterocycles. The number of carbonyl (C=O) groups is 1. The van der Waals surface area contributed by atoms with Crippen LogP contribution in [0.5, 0.6) is 0 Å². The summed E-state index contributed by atoms with van der Waals surface area (Å²) in [5.74, 6) is 0.396. The molecule has 2 heterocycles. The van der Waals surface area contributed by atoms with E-state index in [0.29, 0.717) is 24.6 Å². The second kappa shape index (κ2) is 8.21. The monoisotopic (exact) mass is 435 g/mol. The van der Waals surface area contributed by atoms with E-state index in [2.05, 4.69) is 16.9 Å². The minimum Gasteiger partial charge on any atom is -0.339 e. The van der Waals surface area contributed by atoms with Crippen LogP contribution in [0.15, 0.2) is 29.4 Å². The average Bonchev–Trinajstić information content (AvgIpc) is 2.72. The highest BCUT2D eigenvalue weighted by Gasteiger charge is 2.39. The van der Waals surface area contributed by atoms with Gasteiger partial charge >= 0.3 is 6.18 Å². The zero-order valence-corrected chi connectivity index (χ0v) is 17.8. The molecule has 1 aromatic carbocycles. The van der Waals surface area contributed by atoms with E-state index in [1.165, 1.54) is 0 Å². The summed E-state index contributed by atoms with van der Waals surface area (Å²) in [6, 6.07) is 7.56. The predicted octanol–water partition coefficient (Wildman–Crippen LogP) is 5.00. The van der Waals surface area contributed by atoms with Crippen LogP contribution in [0.25, 0.3) is 11.3 Å². The first-order chi connectivity index (χ1) is 14.2. The lowest BCUT2D eigenvalue weighted by Crippen LogP contribution is -2.45. The van der Waals surface area contributed by atoms with Crippen molar-refractivity contribution >= 4 is 17.7 Å². The van der Waals surface area contributed by atoms with Crippen molar-refractivity contribution in [2.24, 2.45) is 5.92 Å². The number of amides is 1. The highest BCUT2D eigenvalue weighted by Crippen LogP contribution is 2.40. The number of likely N-dealkylation sites (tertiary alicyclic amines) is 1. The van der Waals surface area contributed by atoms with Gasteiger partial charge in [-0.15, -0.1) is 0 Å². The molecule has 0 radical (unpaired) electrons. The molecular formula is C22H24F3N3OS. The summed E-state index contributed by atoms with van der Waals surface area (Å²) in [7, 11) is 0. The fourth-order valence-electron chi connectivity index (χ4n) is 4.30. The van der Waals surface area contributed by atoms with Gasteiger partial charge in [0.25, 0.3) is 0 Å². The number of carbonyl (C=O) groups excluding carboxylic acids is 1. The summed E-state index contributed by atoms with van der Waals surface area (Å²) >= 11 is 0.990. The van der Waals surface area contributed by atoms with Gasteiger partial charge in [0.05, 0.1) is 11.4 Å². The molecule has 1 aromatic heterocycles. The third-order valence-corrected chi connectivity index (χ3v) is 6.77. The summed E-state index contributed by atoms with van der Waals surface area (Å²) in [4.78, 5) is 22.9. The van der Waals surface area contributed by atoms with Gasteiger partial charge in [0.1, 0.15) is 0 Å². The van der Waals surface area contributed by atoms with E-state index in [1.807, 2.05) is 24.0 Å². The molecule has 1 amide bonds. The number of piperidine rings is 1.